The van der Waals surface area contributed by atoms with Crippen LogP contribution in [0.3, 0.4) is 0 Å². The van der Waals surface area contributed by atoms with Crippen molar-refractivity contribution in [2.24, 2.45) is 0 Å². The van der Waals surface area contributed by atoms with Crippen LogP contribution in [0.5, 0.6) is 0 Å². The number of aryl methyl sites for hydroxylation is 1. The third-order valence-electron chi connectivity index (χ3n) is 5.20. The number of nitrogens with zero attached hydrogens (tertiary/aromatic N) is 3. The summed E-state index contributed by atoms with van der Waals surface area (Å²) in [5, 5.41) is 10.8. The Hall–Kier alpha value is -3.79. The molecule has 0 atom stereocenters. The molecular weight excluding hydrogens is 414 g/mol. The molecule has 2 aromatic carbocycles. The number of amides is 3. The number of hydrogen-bond donors (Lipinski definition) is 2. The van der Waals surface area contributed by atoms with Gasteiger partial charge >= 0.3 is 0 Å². The zero-order valence-corrected chi connectivity index (χ0v) is 17.7. The minimum absolute atomic E-state index is 0.0576. The predicted octanol–water partition coefficient (Wildman–Crippen LogP) is 1.05. The Kier molecular flexibility index (Phi) is 7.50. The smallest absolute Gasteiger partial charge is 0.270 e. The molecule has 3 amide bonds. The van der Waals surface area contributed by atoms with Gasteiger partial charge < -0.3 is 4.90 Å². The van der Waals surface area contributed by atoms with Crippen molar-refractivity contribution in [3.63, 3.8) is 0 Å². The molecule has 0 saturated carbocycles. The lowest BCUT2D eigenvalue weighted by Gasteiger charge is -2.34. The Morgan fingerprint density at radius 3 is 2.34 bits per heavy atom. The number of nitro benzene ring substituents is 1. The van der Waals surface area contributed by atoms with Crippen molar-refractivity contribution in [1.82, 2.24) is 20.7 Å². The molecule has 3 rings (SSSR count). The van der Waals surface area contributed by atoms with Gasteiger partial charge in [-0.3, -0.25) is 40.2 Å². The second kappa shape index (κ2) is 10.5. The van der Waals surface area contributed by atoms with Gasteiger partial charge in [-0.25, -0.2) is 0 Å². The lowest BCUT2D eigenvalue weighted by atomic mass is 10.1. The molecule has 2 N–H and O–H groups in total. The lowest BCUT2D eigenvalue weighted by Crippen LogP contribution is -2.53. The van der Waals surface area contributed by atoms with E-state index in [0.717, 1.165) is 17.2 Å². The maximum Gasteiger partial charge on any atom is 0.270 e. The summed E-state index contributed by atoms with van der Waals surface area (Å²) in [5.74, 6) is -1.00. The molecule has 1 aliphatic heterocycles. The molecule has 0 aromatic heterocycles. The number of hydrogen-bond acceptors (Lipinski definition) is 6. The molecule has 168 valence electrons. The minimum Gasteiger partial charge on any atom is -0.340 e. The Balaban J connectivity index is 1.40. The van der Waals surface area contributed by atoms with Gasteiger partial charge in [0.05, 0.1) is 17.9 Å². The minimum atomic E-state index is -0.645. The number of nitro groups is 1. The van der Waals surface area contributed by atoms with E-state index in [1.165, 1.54) is 18.2 Å². The van der Waals surface area contributed by atoms with Crippen molar-refractivity contribution >= 4 is 23.4 Å². The Labute approximate surface area is 185 Å². The highest BCUT2D eigenvalue weighted by Gasteiger charge is 2.22. The van der Waals surface area contributed by atoms with Gasteiger partial charge in [-0.15, -0.1) is 0 Å². The summed E-state index contributed by atoms with van der Waals surface area (Å²) < 4.78 is 0. The van der Waals surface area contributed by atoms with Gasteiger partial charge in [-0.05, 0) is 18.6 Å². The number of nitrogens with one attached hydrogen (secondary N) is 2. The van der Waals surface area contributed by atoms with Crippen LogP contribution in [0, 0.1) is 17.0 Å². The number of carbonyl (C=O) groups excluding carboxylic acids is 3. The first-order valence-electron chi connectivity index (χ1n) is 10.2. The molecule has 2 aromatic rings. The van der Waals surface area contributed by atoms with Crippen molar-refractivity contribution in [2.45, 2.75) is 13.3 Å². The zero-order chi connectivity index (χ0) is 23.1. The molecule has 1 saturated heterocycles. The van der Waals surface area contributed by atoms with E-state index in [1.807, 2.05) is 36.1 Å². The van der Waals surface area contributed by atoms with Crippen LogP contribution in [0.15, 0.2) is 48.5 Å². The number of rotatable bonds is 6. The second-order valence-corrected chi connectivity index (χ2v) is 7.63. The molecule has 1 aliphatic rings. The van der Waals surface area contributed by atoms with Crippen LogP contribution >= 0.6 is 0 Å². The number of hydrazine groups is 1. The first-order chi connectivity index (χ1) is 15.3. The SMILES string of the molecule is Cc1ccc(CC(=O)N2CCN(CC(=O)NNC(=O)c3cccc([N+](=O)[O-])c3)CC2)cc1. The summed E-state index contributed by atoms with van der Waals surface area (Å²) in [6.45, 7) is 4.21. The van der Waals surface area contributed by atoms with Crippen LogP contribution in [0.4, 0.5) is 5.69 Å². The lowest BCUT2D eigenvalue weighted by molar-refractivity contribution is -0.384. The molecule has 0 radical (unpaired) electrons. The van der Waals surface area contributed by atoms with E-state index in [1.54, 1.807) is 4.90 Å². The summed E-state index contributed by atoms with van der Waals surface area (Å²) in [4.78, 5) is 50.6. The third kappa shape index (κ3) is 6.35. The monoisotopic (exact) mass is 439 g/mol. The van der Waals surface area contributed by atoms with Crippen molar-refractivity contribution in [2.75, 3.05) is 32.7 Å². The highest BCUT2D eigenvalue weighted by Crippen LogP contribution is 2.13. The van der Waals surface area contributed by atoms with Gasteiger partial charge in [0.15, 0.2) is 0 Å². The van der Waals surface area contributed by atoms with E-state index in [9.17, 15) is 24.5 Å². The number of benzene rings is 2. The van der Waals surface area contributed by atoms with Crippen LogP contribution in [0.2, 0.25) is 0 Å². The van der Waals surface area contributed by atoms with E-state index in [-0.39, 0.29) is 23.7 Å². The standard InChI is InChI=1S/C22H25N5O5/c1-16-5-7-17(8-6-16)13-21(29)26-11-9-25(10-12-26)15-20(28)23-24-22(30)18-3-2-4-19(14-18)27(31)32/h2-8,14H,9-13,15H2,1H3,(H,23,28)(H,24,30). The van der Waals surface area contributed by atoms with Crippen LogP contribution < -0.4 is 10.9 Å². The zero-order valence-electron chi connectivity index (χ0n) is 17.7. The van der Waals surface area contributed by atoms with Gasteiger partial charge in [0.2, 0.25) is 5.91 Å². The summed E-state index contributed by atoms with van der Waals surface area (Å²) in [6, 6.07) is 13.1. The second-order valence-electron chi connectivity index (χ2n) is 7.63. The van der Waals surface area contributed by atoms with E-state index in [2.05, 4.69) is 10.9 Å². The Morgan fingerprint density at radius 2 is 1.69 bits per heavy atom. The fraction of sp³-hybridized carbons (Fsp3) is 0.318. The fourth-order valence-corrected chi connectivity index (χ4v) is 3.35. The predicted molar refractivity (Wildman–Crippen MR) is 117 cm³/mol. The van der Waals surface area contributed by atoms with Gasteiger partial charge in [-0.1, -0.05) is 35.9 Å². The molecule has 32 heavy (non-hydrogen) atoms. The largest absolute Gasteiger partial charge is 0.340 e. The summed E-state index contributed by atoms with van der Waals surface area (Å²) >= 11 is 0. The fourth-order valence-electron chi connectivity index (χ4n) is 3.35. The maximum atomic E-state index is 12.5. The molecule has 0 spiro atoms. The van der Waals surface area contributed by atoms with Crippen molar-refractivity contribution in [3.8, 4) is 0 Å². The molecule has 0 bridgehead atoms. The molecule has 1 heterocycles. The maximum absolute atomic E-state index is 12.5. The van der Waals surface area contributed by atoms with Gasteiger partial charge in [-0.2, -0.15) is 0 Å². The van der Waals surface area contributed by atoms with Gasteiger partial charge in [0, 0.05) is 43.9 Å². The van der Waals surface area contributed by atoms with Crippen LogP contribution in [0.25, 0.3) is 0 Å². The molecule has 0 aliphatic carbocycles. The molecule has 0 unspecified atom stereocenters. The topological polar surface area (TPSA) is 125 Å². The molecule has 10 heteroatoms. The van der Waals surface area contributed by atoms with E-state index in [4.69, 9.17) is 0 Å². The molecule has 1 fully saturated rings. The van der Waals surface area contributed by atoms with Gasteiger partial charge in [0.1, 0.15) is 0 Å². The summed E-state index contributed by atoms with van der Waals surface area (Å²) in [7, 11) is 0. The highest BCUT2D eigenvalue weighted by atomic mass is 16.6. The van der Waals surface area contributed by atoms with Crippen molar-refractivity contribution < 1.29 is 19.3 Å². The van der Waals surface area contributed by atoms with Crippen molar-refractivity contribution in [3.05, 3.63) is 75.3 Å². The van der Waals surface area contributed by atoms with E-state index < -0.39 is 16.7 Å². The average molecular weight is 439 g/mol. The van der Waals surface area contributed by atoms with Crippen LogP contribution in [-0.2, 0) is 16.0 Å². The number of piperazine rings is 1. The van der Waals surface area contributed by atoms with Crippen molar-refractivity contribution in [1.29, 1.82) is 0 Å². The Morgan fingerprint density at radius 1 is 1.00 bits per heavy atom. The van der Waals surface area contributed by atoms with Crippen LogP contribution in [0.1, 0.15) is 21.5 Å². The Bertz CT molecular complexity index is 1000. The van der Waals surface area contributed by atoms with E-state index in [0.29, 0.717) is 32.6 Å². The normalized spacial score (nSPS) is 14.0. The van der Waals surface area contributed by atoms with E-state index >= 15 is 0 Å². The number of non-ortho nitro benzene ring substituents is 1. The third-order valence-corrected chi connectivity index (χ3v) is 5.20. The van der Waals surface area contributed by atoms with Gasteiger partial charge in [0.25, 0.3) is 17.5 Å². The summed E-state index contributed by atoms with van der Waals surface area (Å²) in [6.07, 6.45) is 0.352. The van der Waals surface area contributed by atoms with Crippen LogP contribution in [-0.4, -0.2) is 65.2 Å². The first-order valence-corrected chi connectivity index (χ1v) is 10.2. The molecule has 10 nitrogen and oxygen atoms in total. The number of carbonyl (C=O) groups is 3. The molecular formula is C22H25N5O5. The summed E-state index contributed by atoms with van der Waals surface area (Å²) in [5.41, 5.74) is 6.56. The average Bonchev–Trinajstić information content (AvgIpc) is 2.79. The highest BCUT2D eigenvalue weighted by molar-refractivity contribution is 5.96. The quantitative estimate of drug-likeness (QED) is 0.512. The first kappa shape index (κ1) is 22.9.